The van der Waals surface area contributed by atoms with Crippen molar-refractivity contribution in [3.05, 3.63) is 23.5 Å². The van der Waals surface area contributed by atoms with E-state index in [1.165, 1.54) is 17.7 Å². The third-order valence-electron chi connectivity index (χ3n) is 3.43. The Hall–Kier alpha value is -1.13. The SMILES string of the molecule is CC1CC[NH+](CC(=O)Nc2cccnc2Cl)CC1. The van der Waals surface area contributed by atoms with Gasteiger partial charge in [-0.25, -0.2) is 4.98 Å². The molecule has 1 aromatic rings. The topological polar surface area (TPSA) is 46.4 Å². The fourth-order valence-electron chi connectivity index (χ4n) is 2.25. The number of piperidine rings is 1. The summed E-state index contributed by atoms with van der Waals surface area (Å²) in [5.41, 5.74) is 0.592. The first-order valence-electron chi connectivity index (χ1n) is 6.39. The maximum absolute atomic E-state index is 11.9. The van der Waals surface area contributed by atoms with Crippen LogP contribution < -0.4 is 10.2 Å². The Morgan fingerprint density at radius 1 is 1.56 bits per heavy atom. The van der Waals surface area contributed by atoms with Gasteiger partial charge in [0.15, 0.2) is 11.7 Å². The number of quaternary nitrogens is 1. The largest absolute Gasteiger partial charge is 0.327 e. The Morgan fingerprint density at radius 3 is 2.94 bits per heavy atom. The molecule has 0 saturated carbocycles. The Morgan fingerprint density at radius 2 is 2.28 bits per heavy atom. The molecular formula is C13H19ClN3O+. The molecule has 1 aromatic heterocycles. The van der Waals surface area contributed by atoms with Crippen molar-refractivity contribution in [2.24, 2.45) is 5.92 Å². The van der Waals surface area contributed by atoms with Crippen LogP contribution >= 0.6 is 11.6 Å². The van der Waals surface area contributed by atoms with E-state index in [1.54, 1.807) is 18.3 Å². The maximum atomic E-state index is 11.9. The normalized spacial score (nSPS) is 23.7. The summed E-state index contributed by atoms with van der Waals surface area (Å²) in [6.07, 6.45) is 4.02. The van der Waals surface area contributed by atoms with Crippen LogP contribution in [0.1, 0.15) is 19.8 Å². The van der Waals surface area contributed by atoms with E-state index in [0.717, 1.165) is 19.0 Å². The molecule has 2 heterocycles. The van der Waals surface area contributed by atoms with Gasteiger partial charge in [-0.3, -0.25) is 4.79 Å². The molecule has 0 aromatic carbocycles. The van der Waals surface area contributed by atoms with Gasteiger partial charge in [0.1, 0.15) is 0 Å². The predicted molar refractivity (Wildman–Crippen MR) is 71.8 cm³/mol. The number of nitrogens with one attached hydrogen (secondary N) is 2. The minimum atomic E-state index is 0.00875. The quantitative estimate of drug-likeness (QED) is 0.803. The third-order valence-corrected chi connectivity index (χ3v) is 3.73. The number of likely N-dealkylation sites (tertiary alicyclic amines) is 1. The van der Waals surface area contributed by atoms with Crippen LogP contribution in [-0.4, -0.2) is 30.5 Å². The van der Waals surface area contributed by atoms with Crippen molar-refractivity contribution in [1.29, 1.82) is 0 Å². The number of carbonyl (C=O) groups is 1. The summed E-state index contributed by atoms with van der Waals surface area (Å²) in [7, 11) is 0. The second-order valence-electron chi connectivity index (χ2n) is 5.00. The van der Waals surface area contributed by atoms with Crippen LogP contribution in [0.2, 0.25) is 5.15 Å². The maximum Gasteiger partial charge on any atom is 0.279 e. The number of amides is 1. The van der Waals surface area contributed by atoms with E-state index in [4.69, 9.17) is 11.6 Å². The van der Waals surface area contributed by atoms with E-state index < -0.39 is 0 Å². The first kappa shape index (κ1) is 13.3. The Bertz CT molecular complexity index is 416. The first-order valence-corrected chi connectivity index (χ1v) is 6.77. The predicted octanol–water partition coefficient (Wildman–Crippen LogP) is 0.988. The summed E-state index contributed by atoms with van der Waals surface area (Å²) in [6, 6.07) is 3.53. The van der Waals surface area contributed by atoms with E-state index in [-0.39, 0.29) is 5.91 Å². The van der Waals surface area contributed by atoms with Gasteiger partial charge in [0.05, 0.1) is 18.8 Å². The molecule has 1 aliphatic heterocycles. The molecule has 0 bridgehead atoms. The molecule has 0 unspecified atom stereocenters. The van der Waals surface area contributed by atoms with Gasteiger partial charge in [0, 0.05) is 6.20 Å². The van der Waals surface area contributed by atoms with Gasteiger partial charge in [0.2, 0.25) is 0 Å². The lowest BCUT2D eigenvalue weighted by Crippen LogP contribution is -3.14. The summed E-state index contributed by atoms with van der Waals surface area (Å²) in [5, 5.41) is 3.16. The molecule has 2 rings (SSSR count). The van der Waals surface area contributed by atoms with Crippen LogP contribution in [0.5, 0.6) is 0 Å². The van der Waals surface area contributed by atoms with Gasteiger partial charge >= 0.3 is 0 Å². The Balaban J connectivity index is 1.84. The number of halogens is 1. The van der Waals surface area contributed by atoms with E-state index >= 15 is 0 Å². The van der Waals surface area contributed by atoms with Gasteiger partial charge in [-0.15, -0.1) is 0 Å². The summed E-state index contributed by atoms with van der Waals surface area (Å²) in [6.45, 7) is 4.94. The van der Waals surface area contributed by atoms with Crippen molar-refractivity contribution in [2.75, 3.05) is 25.0 Å². The molecule has 1 amide bonds. The van der Waals surface area contributed by atoms with Crippen LogP contribution in [0, 0.1) is 5.92 Å². The highest BCUT2D eigenvalue weighted by molar-refractivity contribution is 6.32. The molecule has 0 aliphatic carbocycles. The lowest BCUT2D eigenvalue weighted by atomic mass is 9.99. The molecule has 0 spiro atoms. The van der Waals surface area contributed by atoms with Gasteiger partial charge in [-0.05, 0) is 30.9 Å². The van der Waals surface area contributed by atoms with Crippen molar-refractivity contribution in [3.63, 3.8) is 0 Å². The molecular weight excluding hydrogens is 250 g/mol. The van der Waals surface area contributed by atoms with E-state index in [9.17, 15) is 4.79 Å². The zero-order chi connectivity index (χ0) is 13.0. The van der Waals surface area contributed by atoms with Crippen molar-refractivity contribution in [2.45, 2.75) is 19.8 Å². The number of pyridine rings is 1. The standard InChI is InChI=1S/C13H18ClN3O/c1-10-4-7-17(8-5-10)9-12(18)16-11-3-2-6-15-13(11)14/h2-3,6,10H,4-5,7-9H2,1H3,(H,16,18)/p+1. The fourth-order valence-corrected chi connectivity index (χ4v) is 2.41. The number of anilines is 1. The summed E-state index contributed by atoms with van der Waals surface area (Å²) in [5.74, 6) is 0.805. The summed E-state index contributed by atoms with van der Waals surface area (Å²) < 4.78 is 0. The molecule has 5 heteroatoms. The van der Waals surface area contributed by atoms with Crippen LogP contribution in [0.4, 0.5) is 5.69 Å². The molecule has 18 heavy (non-hydrogen) atoms. The lowest BCUT2D eigenvalue weighted by Gasteiger charge is -2.26. The number of aromatic nitrogens is 1. The van der Waals surface area contributed by atoms with Crippen LogP contribution in [0.3, 0.4) is 0 Å². The second-order valence-corrected chi connectivity index (χ2v) is 5.36. The van der Waals surface area contributed by atoms with Crippen LogP contribution in [0.15, 0.2) is 18.3 Å². The molecule has 1 fully saturated rings. The van der Waals surface area contributed by atoms with Gasteiger partial charge in [-0.1, -0.05) is 18.5 Å². The molecule has 98 valence electrons. The number of carbonyl (C=O) groups excluding carboxylic acids is 1. The van der Waals surface area contributed by atoms with E-state index in [0.29, 0.717) is 17.4 Å². The number of nitrogens with zero attached hydrogens (tertiary/aromatic N) is 1. The highest BCUT2D eigenvalue weighted by Crippen LogP contribution is 2.16. The molecule has 0 atom stereocenters. The average Bonchev–Trinajstić information content (AvgIpc) is 2.35. The lowest BCUT2D eigenvalue weighted by molar-refractivity contribution is -0.897. The minimum absolute atomic E-state index is 0.00875. The zero-order valence-electron chi connectivity index (χ0n) is 10.6. The van der Waals surface area contributed by atoms with E-state index in [1.807, 2.05) is 0 Å². The fraction of sp³-hybridized carbons (Fsp3) is 0.538. The molecule has 1 saturated heterocycles. The van der Waals surface area contributed by atoms with Crippen molar-refractivity contribution >= 4 is 23.2 Å². The number of hydrogen-bond acceptors (Lipinski definition) is 2. The highest BCUT2D eigenvalue weighted by Gasteiger charge is 2.21. The number of hydrogen-bond donors (Lipinski definition) is 2. The van der Waals surface area contributed by atoms with E-state index in [2.05, 4.69) is 17.2 Å². The highest BCUT2D eigenvalue weighted by atomic mass is 35.5. The average molecular weight is 269 g/mol. The molecule has 2 N–H and O–H groups in total. The second kappa shape index (κ2) is 6.16. The summed E-state index contributed by atoms with van der Waals surface area (Å²) >= 11 is 5.90. The monoisotopic (exact) mass is 268 g/mol. The van der Waals surface area contributed by atoms with Gasteiger partial charge < -0.3 is 10.2 Å². The Labute approximate surface area is 112 Å². The summed E-state index contributed by atoms with van der Waals surface area (Å²) in [4.78, 5) is 17.2. The van der Waals surface area contributed by atoms with Gasteiger partial charge in [0.25, 0.3) is 5.91 Å². The van der Waals surface area contributed by atoms with Crippen molar-refractivity contribution in [1.82, 2.24) is 4.98 Å². The third kappa shape index (κ3) is 3.68. The van der Waals surface area contributed by atoms with Crippen LogP contribution in [0.25, 0.3) is 0 Å². The zero-order valence-corrected chi connectivity index (χ0v) is 11.3. The van der Waals surface area contributed by atoms with Crippen LogP contribution in [-0.2, 0) is 4.79 Å². The smallest absolute Gasteiger partial charge is 0.279 e. The molecule has 0 radical (unpaired) electrons. The van der Waals surface area contributed by atoms with Crippen molar-refractivity contribution in [3.8, 4) is 0 Å². The van der Waals surface area contributed by atoms with Crippen molar-refractivity contribution < 1.29 is 9.69 Å². The minimum Gasteiger partial charge on any atom is -0.327 e. The molecule has 1 aliphatic rings. The first-order chi connectivity index (χ1) is 8.65. The van der Waals surface area contributed by atoms with Gasteiger partial charge in [-0.2, -0.15) is 0 Å². The number of rotatable bonds is 3. The Kier molecular flexibility index (Phi) is 4.55. The molecule has 4 nitrogen and oxygen atoms in total.